The maximum absolute atomic E-state index is 13.9. The third-order valence-electron chi connectivity index (χ3n) is 6.27. The highest BCUT2D eigenvalue weighted by atomic mass is 32.2. The van der Waals surface area contributed by atoms with Crippen molar-refractivity contribution in [1.82, 2.24) is 19.8 Å². The summed E-state index contributed by atoms with van der Waals surface area (Å²) >= 11 is 1.21. The van der Waals surface area contributed by atoms with E-state index in [1.54, 1.807) is 42.0 Å². The van der Waals surface area contributed by atoms with Crippen LogP contribution in [0.1, 0.15) is 16.7 Å². The standard InChI is InChI=1S/C29H26N4O4S2/c34-28(32-35)14-12-21-8-10-22(11-9-21)20-33(18-16-23-19-31-25-6-2-1-5-24(23)25)39(36,37)29-15-13-27(38-29)26-7-3-4-17-30-26/h1-15,17,19,31,35H,16,18,20H2,(H,32,34). The van der Waals surface area contributed by atoms with Crippen molar-refractivity contribution in [1.29, 1.82) is 0 Å². The van der Waals surface area contributed by atoms with Gasteiger partial charge in [0, 0.05) is 42.5 Å². The second-order valence-electron chi connectivity index (χ2n) is 8.83. The van der Waals surface area contributed by atoms with Gasteiger partial charge in [-0.2, -0.15) is 4.31 Å². The molecule has 8 nitrogen and oxygen atoms in total. The average Bonchev–Trinajstić information content (AvgIpc) is 3.63. The van der Waals surface area contributed by atoms with E-state index < -0.39 is 15.9 Å². The fourth-order valence-corrected chi connectivity index (χ4v) is 7.11. The van der Waals surface area contributed by atoms with E-state index in [-0.39, 0.29) is 10.8 Å². The smallest absolute Gasteiger partial charge is 0.267 e. The monoisotopic (exact) mass is 558 g/mol. The first-order valence-electron chi connectivity index (χ1n) is 12.2. The highest BCUT2D eigenvalue weighted by Crippen LogP contribution is 2.32. The molecule has 0 bridgehead atoms. The van der Waals surface area contributed by atoms with Gasteiger partial charge in [0.05, 0.1) is 10.6 Å². The molecule has 39 heavy (non-hydrogen) atoms. The molecule has 0 aliphatic carbocycles. The fraction of sp³-hybridized carbons (Fsp3) is 0.103. The van der Waals surface area contributed by atoms with Gasteiger partial charge >= 0.3 is 0 Å². The van der Waals surface area contributed by atoms with Crippen molar-refractivity contribution in [2.75, 3.05) is 6.54 Å². The Balaban J connectivity index is 1.42. The van der Waals surface area contributed by atoms with Crippen LogP contribution in [0.25, 0.3) is 27.6 Å². The molecule has 3 heterocycles. The lowest BCUT2D eigenvalue weighted by molar-refractivity contribution is -0.124. The van der Waals surface area contributed by atoms with Crippen LogP contribution in [0.15, 0.2) is 102 Å². The Kier molecular flexibility index (Phi) is 7.99. The van der Waals surface area contributed by atoms with Crippen molar-refractivity contribution in [2.24, 2.45) is 0 Å². The number of hydrogen-bond acceptors (Lipinski definition) is 6. The molecular weight excluding hydrogens is 532 g/mol. The average molecular weight is 559 g/mol. The first-order chi connectivity index (χ1) is 18.9. The summed E-state index contributed by atoms with van der Waals surface area (Å²) in [5.74, 6) is -0.630. The van der Waals surface area contributed by atoms with Crippen molar-refractivity contribution >= 4 is 44.2 Å². The minimum absolute atomic E-state index is 0.183. The summed E-state index contributed by atoms with van der Waals surface area (Å²) in [6.45, 7) is 0.474. The van der Waals surface area contributed by atoms with Crippen LogP contribution >= 0.6 is 11.3 Å². The maximum atomic E-state index is 13.9. The first-order valence-corrected chi connectivity index (χ1v) is 14.5. The zero-order chi connectivity index (χ0) is 27.2. The number of hydroxylamine groups is 1. The Labute approximate surface area is 230 Å². The van der Waals surface area contributed by atoms with E-state index in [0.717, 1.165) is 38.2 Å². The number of nitrogens with zero attached hydrogens (tertiary/aromatic N) is 2. The number of aromatic nitrogens is 2. The summed E-state index contributed by atoms with van der Waals surface area (Å²) in [5.41, 5.74) is 5.89. The zero-order valence-electron chi connectivity index (χ0n) is 20.8. The number of hydrogen-bond donors (Lipinski definition) is 3. The van der Waals surface area contributed by atoms with Crippen LogP contribution in [0.4, 0.5) is 0 Å². The zero-order valence-corrected chi connectivity index (χ0v) is 22.5. The number of pyridine rings is 1. The van der Waals surface area contributed by atoms with Gasteiger partial charge in [-0.1, -0.05) is 48.5 Å². The lowest BCUT2D eigenvalue weighted by atomic mass is 10.1. The van der Waals surface area contributed by atoms with E-state index in [9.17, 15) is 13.2 Å². The molecule has 3 N–H and O–H groups in total. The molecular formula is C29H26N4O4S2. The Morgan fingerprint density at radius 3 is 2.59 bits per heavy atom. The van der Waals surface area contributed by atoms with Gasteiger partial charge in [0.25, 0.3) is 15.9 Å². The third-order valence-corrected chi connectivity index (χ3v) is 9.69. The largest absolute Gasteiger partial charge is 0.361 e. The lowest BCUT2D eigenvalue weighted by Gasteiger charge is -2.21. The summed E-state index contributed by atoms with van der Waals surface area (Å²) < 4.78 is 29.6. The number of para-hydroxylation sites is 1. The molecule has 3 aromatic heterocycles. The van der Waals surface area contributed by atoms with Crippen molar-refractivity contribution in [2.45, 2.75) is 17.2 Å². The van der Waals surface area contributed by atoms with E-state index >= 15 is 0 Å². The molecule has 0 spiro atoms. The Hall–Kier alpha value is -4.09. The van der Waals surface area contributed by atoms with E-state index in [1.807, 2.05) is 60.8 Å². The van der Waals surface area contributed by atoms with E-state index in [4.69, 9.17) is 5.21 Å². The molecule has 2 aromatic carbocycles. The molecule has 0 radical (unpaired) electrons. The van der Waals surface area contributed by atoms with Gasteiger partial charge in [-0.25, -0.2) is 13.9 Å². The lowest BCUT2D eigenvalue weighted by Crippen LogP contribution is -2.32. The number of thiophene rings is 1. The summed E-state index contributed by atoms with van der Waals surface area (Å²) in [4.78, 5) is 19.7. The topological polar surface area (TPSA) is 115 Å². The Morgan fingerprint density at radius 2 is 1.82 bits per heavy atom. The first kappa shape index (κ1) is 26.5. The van der Waals surface area contributed by atoms with Gasteiger partial charge in [0.2, 0.25) is 0 Å². The predicted molar refractivity (Wildman–Crippen MR) is 153 cm³/mol. The predicted octanol–water partition coefficient (Wildman–Crippen LogP) is 5.24. The van der Waals surface area contributed by atoms with Crippen LogP contribution in [-0.4, -0.2) is 40.4 Å². The number of carbonyl (C=O) groups excluding carboxylic acids is 1. The number of nitrogens with one attached hydrogen (secondary N) is 2. The molecule has 0 aliphatic heterocycles. The van der Waals surface area contributed by atoms with Crippen LogP contribution < -0.4 is 5.48 Å². The van der Waals surface area contributed by atoms with Crippen LogP contribution in [0.2, 0.25) is 0 Å². The maximum Gasteiger partial charge on any atom is 0.267 e. The summed E-state index contributed by atoms with van der Waals surface area (Å²) in [6, 6.07) is 24.2. The summed E-state index contributed by atoms with van der Waals surface area (Å²) in [6.07, 6.45) is 6.93. The molecule has 0 fully saturated rings. The Bertz CT molecular complexity index is 1710. The second kappa shape index (κ2) is 11.7. The van der Waals surface area contributed by atoms with Crippen molar-refractivity contribution < 1.29 is 18.4 Å². The van der Waals surface area contributed by atoms with Crippen molar-refractivity contribution in [3.8, 4) is 10.6 Å². The molecule has 0 unspecified atom stereocenters. The molecule has 5 aromatic rings. The summed E-state index contributed by atoms with van der Waals surface area (Å²) in [7, 11) is -3.81. The number of carbonyl (C=O) groups is 1. The van der Waals surface area contributed by atoms with E-state index in [2.05, 4.69) is 9.97 Å². The summed E-state index contributed by atoms with van der Waals surface area (Å²) in [5, 5.41) is 9.73. The molecule has 0 saturated heterocycles. The van der Waals surface area contributed by atoms with Crippen molar-refractivity contribution in [3.05, 3.63) is 114 Å². The number of sulfonamides is 1. The van der Waals surface area contributed by atoms with E-state index in [0.29, 0.717) is 13.0 Å². The van der Waals surface area contributed by atoms with Gasteiger partial charge in [-0.05, 0) is 59.5 Å². The Morgan fingerprint density at radius 1 is 1.03 bits per heavy atom. The fourth-order valence-electron chi connectivity index (χ4n) is 4.25. The number of benzene rings is 2. The minimum atomic E-state index is -3.81. The van der Waals surface area contributed by atoms with Gasteiger partial charge < -0.3 is 4.98 Å². The molecule has 198 valence electrons. The number of amides is 1. The van der Waals surface area contributed by atoms with Crippen LogP contribution in [-0.2, 0) is 27.8 Å². The van der Waals surface area contributed by atoms with E-state index in [1.165, 1.54) is 21.7 Å². The van der Waals surface area contributed by atoms with Crippen molar-refractivity contribution in [3.63, 3.8) is 0 Å². The molecule has 1 amide bonds. The van der Waals surface area contributed by atoms with Gasteiger partial charge in [-0.15, -0.1) is 11.3 Å². The SMILES string of the molecule is O=C(C=Cc1ccc(CN(CCc2c[nH]c3ccccc23)S(=O)(=O)c2ccc(-c3ccccn3)s2)cc1)NO. The number of fused-ring (bicyclic) bond motifs is 1. The quantitative estimate of drug-likeness (QED) is 0.123. The van der Waals surface area contributed by atoms with Crippen LogP contribution in [0.3, 0.4) is 0 Å². The molecule has 0 aliphatic rings. The van der Waals surface area contributed by atoms with Crippen LogP contribution in [0.5, 0.6) is 0 Å². The number of H-pyrrole nitrogens is 1. The van der Waals surface area contributed by atoms with Gasteiger partial charge in [-0.3, -0.25) is 15.0 Å². The minimum Gasteiger partial charge on any atom is -0.361 e. The second-order valence-corrected chi connectivity index (χ2v) is 12.1. The van der Waals surface area contributed by atoms with Gasteiger partial charge in [0.1, 0.15) is 4.21 Å². The van der Waals surface area contributed by atoms with Gasteiger partial charge in [0.15, 0.2) is 0 Å². The molecule has 0 atom stereocenters. The molecule has 0 saturated carbocycles. The molecule has 10 heteroatoms. The number of aromatic amines is 1. The number of rotatable bonds is 10. The molecule has 5 rings (SSSR count). The van der Waals surface area contributed by atoms with Crippen LogP contribution in [0, 0.1) is 0 Å². The highest BCUT2D eigenvalue weighted by Gasteiger charge is 2.27. The highest BCUT2D eigenvalue weighted by molar-refractivity contribution is 7.91. The normalized spacial score (nSPS) is 11.9. The third kappa shape index (κ3) is 6.15.